The molecule has 2 aromatic rings. The molecule has 0 bridgehead atoms. The van der Waals surface area contributed by atoms with Gasteiger partial charge < -0.3 is 19.8 Å². The molecule has 2 rings (SSSR count). The number of furan rings is 1. The molecule has 5 nitrogen and oxygen atoms in total. The number of thioether (sulfide) groups is 1. The highest BCUT2D eigenvalue weighted by molar-refractivity contribution is 7.98. The lowest BCUT2D eigenvalue weighted by Crippen LogP contribution is -2.39. The highest BCUT2D eigenvalue weighted by Crippen LogP contribution is 2.12. The summed E-state index contributed by atoms with van der Waals surface area (Å²) >= 11 is 1.92. The van der Waals surface area contributed by atoms with Gasteiger partial charge in [-0.3, -0.25) is 0 Å². The first-order valence-corrected chi connectivity index (χ1v) is 11.4. The van der Waals surface area contributed by atoms with Gasteiger partial charge in [-0.05, 0) is 54.7 Å². The Hall–Kier alpha value is -2.08. The third-order valence-corrected chi connectivity index (χ3v) is 5.09. The number of benzene rings is 1. The molecule has 1 heterocycles. The fraction of sp³-hybridized carbons (Fsp3) is 0.500. The van der Waals surface area contributed by atoms with Crippen LogP contribution < -0.4 is 15.4 Å². The minimum Gasteiger partial charge on any atom is -0.497 e. The van der Waals surface area contributed by atoms with Crippen LogP contribution in [-0.2, 0) is 13.0 Å². The lowest BCUT2D eigenvalue weighted by atomic mass is 10.2. The molecule has 0 aliphatic heterocycles. The van der Waals surface area contributed by atoms with E-state index >= 15 is 0 Å². The summed E-state index contributed by atoms with van der Waals surface area (Å²) in [5.74, 6) is 3.96. The van der Waals surface area contributed by atoms with Crippen LogP contribution in [0.2, 0.25) is 0 Å². The first-order valence-electron chi connectivity index (χ1n) is 9.98. The second kappa shape index (κ2) is 14.0. The molecule has 0 atom stereocenters. The molecule has 1 aromatic carbocycles. The number of hydrogen-bond donors (Lipinski definition) is 2. The van der Waals surface area contributed by atoms with Gasteiger partial charge in [-0.2, -0.15) is 11.8 Å². The number of guanidine groups is 1. The van der Waals surface area contributed by atoms with Gasteiger partial charge in [0.2, 0.25) is 0 Å². The monoisotopic (exact) mass is 403 g/mol. The molecule has 6 heteroatoms. The third kappa shape index (κ3) is 9.22. The van der Waals surface area contributed by atoms with E-state index < -0.39 is 0 Å². The summed E-state index contributed by atoms with van der Waals surface area (Å²) in [5.41, 5.74) is 1.16. The maximum Gasteiger partial charge on any atom is 0.191 e. The van der Waals surface area contributed by atoms with Crippen LogP contribution in [-0.4, -0.2) is 38.2 Å². The van der Waals surface area contributed by atoms with Crippen LogP contribution >= 0.6 is 11.8 Å². The average molecular weight is 404 g/mol. The fourth-order valence-corrected chi connectivity index (χ4v) is 3.26. The lowest BCUT2D eigenvalue weighted by molar-refractivity contribution is 0.414. The van der Waals surface area contributed by atoms with Gasteiger partial charge in [-0.15, -0.1) is 0 Å². The molecule has 0 aliphatic carbocycles. The molecule has 0 amide bonds. The van der Waals surface area contributed by atoms with E-state index in [0.717, 1.165) is 49.0 Å². The van der Waals surface area contributed by atoms with Crippen molar-refractivity contribution in [1.29, 1.82) is 0 Å². The zero-order chi connectivity index (χ0) is 19.9. The van der Waals surface area contributed by atoms with Crippen LogP contribution in [0.4, 0.5) is 0 Å². The van der Waals surface area contributed by atoms with Gasteiger partial charge in [-0.1, -0.05) is 25.0 Å². The number of unbranched alkanes of at least 4 members (excludes halogenated alkanes) is 3. The van der Waals surface area contributed by atoms with Crippen molar-refractivity contribution < 1.29 is 9.15 Å². The predicted molar refractivity (Wildman–Crippen MR) is 119 cm³/mol. The third-order valence-electron chi connectivity index (χ3n) is 4.39. The molecule has 0 unspecified atom stereocenters. The number of ether oxygens (including phenoxy) is 1. The van der Waals surface area contributed by atoms with Crippen LogP contribution in [0, 0.1) is 0 Å². The molecule has 28 heavy (non-hydrogen) atoms. The van der Waals surface area contributed by atoms with E-state index in [9.17, 15) is 0 Å². The summed E-state index contributed by atoms with van der Waals surface area (Å²) in [7, 11) is 1.68. The number of rotatable bonds is 13. The summed E-state index contributed by atoms with van der Waals surface area (Å²) in [4.78, 5) is 4.74. The number of nitrogens with one attached hydrogen (secondary N) is 2. The lowest BCUT2D eigenvalue weighted by Gasteiger charge is -2.12. The first kappa shape index (κ1) is 22.2. The Morgan fingerprint density at radius 1 is 1.04 bits per heavy atom. The average Bonchev–Trinajstić information content (AvgIpc) is 3.24. The topological polar surface area (TPSA) is 58.8 Å². The highest BCUT2D eigenvalue weighted by Gasteiger charge is 2.01. The number of nitrogens with zero attached hydrogens (tertiary/aromatic N) is 1. The van der Waals surface area contributed by atoms with Gasteiger partial charge >= 0.3 is 0 Å². The van der Waals surface area contributed by atoms with Crippen molar-refractivity contribution in [1.82, 2.24) is 10.6 Å². The minimum atomic E-state index is 0.633. The molecule has 0 fully saturated rings. The maximum atomic E-state index is 5.40. The molecule has 0 radical (unpaired) electrons. The highest BCUT2D eigenvalue weighted by atomic mass is 32.2. The number of aliphatic imine (C=N–C) groups is 1. The van der Waals surface area contributed by atoms with Crippen molar-refractivity contribution >= 4 is 17.7 Å². The first-order chi connectivity index (χ1) is 13.8. The van der Waals surface area contributed by atoms with E-state index in [2.05, 4.69) is 29.0 Å². The van der Waals surface area contributed by atoms with E-state index in [1.54, 1.807) is 13.4 Å². The van der Waals surface area contributed by atoms with Crippen molar-refractivity contribution in [3.63, 3.8) is 0 Å². The van der Waals surface area contributed by atoms with Crippen molar-refractivity contribution in [2.75, 3.05) is 32.2 Å². The summed E-state index contributed by atoms with van der Waals surface area (Å²) in [5, 5.41) is 6.87. The molecule has 0 saturated heterocycles. The van der Waals surface area contributed by atoms with Crippen LogP contribution in [0.5, 0.6) is 5.75 Å². The molecule has 2 N–H and O–H groups in total. The molecular formula is C22H33N3O2S. The molecule has 0 aliphatic rings. The standard InChI is InChI=1S/C22H33N3O2S/c1-26-20-11-9-19(10-12-20)18-25-22(23-14-5-3-4-6-17-28-2)24-15-13-21-8-7-16-27-21/h7-12,16H,3-6,13-15,17-18H2,1-2H3,(H2,23,24,25). The number of hydrogen-bond acceptors (Lipinski definition) is 4. The van der Waals surface area contributed by atoms with E-state index in [-0.39, 0.29) is 0 Å². The zero-order valence-electron chi connectivity index (χ0n) is 17.1. The van der Waals surface area contributed by atoms with Gasteiger partial charge in [0.15, 0.2) is 5.96 Å². The maximum absolute atomic E-state index is 5.40. The predicted octanol–water partition coefficient (Wildman–Crippen LogP) is 4.49. The van der Waals surface area contributed by atoms with Crippen LogP contribution in [0.15, 0.2) is 52.1 Å². The second-order valence-electron chi connectivity index (χ2n) is 6.60. The fourth-order valence-electron chi connectivity index (χ4n) is 2.77. The molecular weight excluding hydrogens is 370 g/mol. The van der Waals surface area contributed by atoms with E-state index in [1.165, 1.54) is 25.0 Å². The largest absolute Gasteiger partial charge is 0.497 e. The quantitative estimate of drug-likeness (QED) is 0.293. The normalized spacial score (nSPS) is 11.4. The van der Waals surface area contributed by atoms with E-state index in [1.807, 2.05) is 36.0 Å². The molecule has 0 saturated carbocycles. The molecule has 0 spiro atoms. The SMILES string of the molecule is COc1ccc(CN=C(NCCCCCCSC)NCCc2ccco2)cc1. The van der Waals surface area contributed by atoms with Crippen LogP contribution in [0.25, 0.3) is 0 Å². The minimum absolute atomic E-state index is 0.633. The van der Waals surface area contributed by atoms with Crippen molar-refractivity contribution in [3.05, 3.63) is 54.0 Å². The summed E-state index contributed by atoms with van der Waals surface area (Å²) in [6, 6.07) is 12.0. The Morgan fingerprint density at radius 3 is 2.54 bits per heavy atom. The summed E-state index contributed by atoms with van der Waals surface area (Å²) in [6.45, 7) is 2.36. The van der Waals surface area contributed by atoms with Crippen molar-refractivity contribution in [2.24, 2.45) is 4.99 Å². The van der Waals surface area contributed by atoms with Crippen molar-refractivity contribution in [3.8, 4) is 5.75 Å². The van der Waals surface area contributed by atoms with Gasteiger partial charge in [-0.25, -0.2) is 4.99 Å². The molecule has 154 valence electrons. The Balaban J connectivity index is 1.79. The summed E-state index contributed by atoms with van der Waals surface area (Å²) < 4.78 is 10.6. The van der Waals surface area contributed by atoms with Crippen LogP contribution in [0.1, 0.15) is 37.0 Å². The Kier molecular flexibility index (Phi) is 11.1. The van der Waals surface area contributed by atoms with Gasteiger partial charge in [0, 0.05) is 19.5 Å². The zero-order valence-corrected chi connectivity index (χ0v) is 17.9. The Labute approximate surface area is 173 Å². The van der Waals surface area contributed by atoms with Gasteiger partial charge in [0.1, 0.15) is 11.5 Å². The number of methoxy groups -OCH3 is 1. The van der Waals surface area contributed by atoms with Crippen LogP contribution in [0.3, 0.4) is 0 Å². The van der Waals surface area contributed by atoms with E-state index in [0.29, 0.717) is 6.54 Å². The van der Waals surface area contributed by atoms with Crippen molar-refractivity contribution in [2.45, 2.75) is 38.6 Å². The Morgan fingerprint density at radius 2 is 1.82 bits per heavy atom. The molecule has 1 aromatic heterocycles. The summed E-state index contributed by atoms with van der Waals surface area (Å²) in [6.07, 6.45) is 9.74. The van der Waals surface area contributed by atoms with E-state index in [4.69, 9.17) is 14.1 Å². The Bertz CT molecular complexity index is 657. The smallest absolute Gasteiger partial charge is 0.191 e. The second-order valence-corrected chi connectivity index (χ2v) is 7.59. The van der Waals surface area contributed by atoms with Gasteiger partial charge in [0.25, 0.3) is 0 Å². The van der Waals surface area contributed by atoms with Gasteiger partial charge in [0.05, 0.1) is 19.9 Å².